The normalized spacial score (nSPS) is 11.0. The maximum atomic E-state index is 11.0. The van der Waals surface area contributed by atoms with Crippen molar-refractivity contribution >= 4 is 28.8 Å². The van der Waals surface area contributed by atoms with E-state index in [9.17, 15) is 4.79 Å². The minimum atomic E-state index is -0.0369. The summed E-state index contributed by atoms with van der Waals surface area (Å²) in [6.07, 6.45) is 3.73. The van der Waals surface area contributed by atoms with Gasteiger partial charge in [0.2, 0.25) is 5.91 Å². The molecule has 108 valence electrons. The number of H-pyrrole nitrogens is 1. The molecule has 3 rings (SSSR count). The molecule has 0 saturated heterocycles. The Balaban J connectivity index is 1.91. The van der Waals surface area contributed by atoms with Gasteiger partial charge in [-0.3, -0.25) is 9.89 Å². The molecule has 0 atom stereocenters. The fraction of sp³-hybridized carbons (Fsp3) is 0.214. The summed E-state index contributed by atoms with van der Waals surface area (Å²) in [5.41, 5.74) is 3.80. The van der Waals surface area contributed by atoms with Gasteiger partial charge in [0.05, 0.1) is 11.9 Å². The highest BCUT2D eigenvalue weighted by molar-refractivity contribution is 7.98. The summed E-state index contributed by atoms with van der Waals surface area (Å²) in [5, 5.41) is 6.73. The Morgan fingerprint density at radius 2 is 2.33 bits per heavy atom. The van der Waals surface area contributed by atoms with Crippen LogP contribution in [0, 0.1) is 0 Å². The minimum Gasteiger partial charge on any atom is -0.352 e. The van der Waals surface area contributed by atoms with Crippen LogP contribution >= 0.6 is 11.8 Å². The van der Waals surface area contributed by atoms with Crippen molar-refractivity contribution in [1.82, 2.24) is 25.1 Å². The molecular weight excluding hydrogens is 286 g/mol. The van der Waals surface area contributed by atoms with E-state index in [1.165, 1.54) is 18.7 Å². The van der Waals surface area contributed by atoms with Crippen LogP contribution < -0.4 is 5.32 Å². The predicted molar refractivity (Wildman–Crippen MR) is 82.5 cm³/mol. The molecule has 0 aliphatic heterocycles. The van der Waals surface area contributed by atoms with Crippen molar-refractivity contribution in [2.24, 2.45) is 0 Å². The third-order valence-electron chi connectivity index (χ3n) is 3.08. The first kappa shape index (κ1) is 13.7. The fourth-order valence-electron chi connectivity index (χ4n) is 2.04. The molecule has 0 spiro atoms. The van der Waals surface area contributed by atoms with Crippen LogP contribution in [-0.2, 0) is 11.3 Å². The molecule has 0 saturated carbocycles. The Morgan fingerprint density at radius 1 is 1.48 bits per heavy atom. The van der Waals surface area contributed by atoms with E-state index >= 15 is 0 Å². The van der Waals surface area contributed by atoms with Crippen LogP contribution in [0.25, 0.3) is 16.9 Å². The van der Waals surface area contributed by atoms with Gasteiger partial charge in [0, 0.05) is 13.5 Å². The number of carbonyl (C=O) groups is 1. The molecule has 1 amide bonds. The molecule has 3 aromatic rings. The van der Waals surface area contributed by atoms with E-state index in [4.69, 9.17) is 0 Å². The van der Waals surface area contributed by atoms with Crippen LogP contribution in [0.5, 0.6) is 0 Å². The number of hydrogen-bond acceptors (Lipinski definition) is 4. The lowest BCUT2D eigenvalue weighted by atomic mass is 10.2. The summed E-state index contributed by atoms with van der Waals surface area (Å²) in [6.45, 7) is 2.03. The van der Waals surface area contributed by atoms with E-state index in [1.54, 1.807) is 6.20 Å². The number of amides is 1. The Morgan fingerprint density at radius 3 is 3.10 bits per heavy atom. The molecule has 1 aromatic carbocycles. The molecule has 0 aliphatic rings. The van der Waals surface area contributed by atoms with Gasteiger partial charge in [-0.2, -0.15) is 0 Å². The van der Waals surface area contributed by atoms with Gasteiger partial charge in [-0.15, -0.1) is 0 Å². The average Bonchev–Trinajstić information content (AvgIpc) is 2.47. The van der Waals surface area contributed by atoms with Crippen molar-refractivity contribution < 1.29 is 4.79 Å². The van der Waals surface area contributed by atoms with Gasteiger partial charge in [-0.1, -0.05) is 23.9 Å². The zero-order valence-corrected chi connectivity index (χ0v) is 12.6. The first-order valence-electron chi connectivity index (χ1n) is 6.48. The van der Waals surface area contributed by atoms with Crippen LogP contribution in [-0.4, -0.2) is 31.9 Å². The molecule has 0 bridgehead atoms. The van der Waals surface area contributed by atoms with E-state index in [2.05, 4.69) is 20.4 Å². The highest BCUT2D eigenvalue weighted by Gasteiger charge is 2.11. The monoisotopic (exact) mass is 301 g/mol. The number of hydrogen-bond donors (Lipinski definition) is 2. The average molecular weight is 301 g/mol. The molecule has 0 aliphatic carbocycles. The maximum Gasteiger partial charge on any atom is 0.217 e. The van der Waals surface area contributed by atoms with E-state index in [1.807, 2.05) is 35.2 Å². The molecule has 2 heterocycles. The first-order valence-corrected chi connectivity index (χ1v) is 7.71. The number of aromatic amines is 1. The Bertz CT molecular complexity index is 792. The molecule has 21 heavy (non-hydrogen) atoms. The lowest BCUT2D eigenvalue weighted by molar-refractivity contribution is -0.119. The van der Waals surface area contributed by atoms with Crippen molar-refractivity contribution in [3.05, 3.63) is 36.0 Å². The SMILES string of the molecule is CSc1ncc2[nH]n(-c3cccc(CNC(C)=O)c3)c2n1. The van der Waals surface area contributed by atoms with E-state index in [0.29, 0.717) is 6.54 Å². The van der Waals surface area contributed by atoms with Crippen molar-refractivity contribution in [3.63, 3.8) is 0 Å². The molecule has 0 unspecified atom stereocenters. The van der Waals surface area contributed by atoms with Crippen LogP contribution in [0.2, 0.25) is 0 Å². The Kier molecular flexibility index (Phi) is 3.66. The number of carbonyl (C=O) groups excluding carboxylic acids is 1. The van der Waals surface area contributed by atoms with Crippen LogP contribution in [0.3, 0.4) is 0 Å². The molecular formula is C14H15N5OS. The highest BCUT2D eigenvalue weighted by Crippen LogP contribution is 2.20. The number of rotatable bonds is 4. The highest BCUT2D eigenvalue weighted by atomic mass is 32.2. The summed E-state index contributed by atoms with van der Waals surface area (Å²) in [5.74, 6) is -0.0369. The summed E-state index contributed by atoms with van der Waals surface area (Å²) >= 11 is 1.51. The lowest BCUT2D eigenvalue weighted by Gasteiger charge is -2.16. The van der Waals surface area contributed by atoms with Crippen LogP contribution in [0.15, 0.2) is 35.6 Å². The maximum absolute atomic E-state index is 11.0. The number of benzene rings is 1. The second kappa shape index (κ2) is 5.61. The van der Waals surface area contributed by atoms with E-state index in [0.717, 1.165) is 27.6 Å². The summed E-state index contributed by atoms with van der Waals surface area (Å²) in [6, 6.07) is 7.96. The Labute approximate surface area is 126 Å². The third kappa shape index (κ3) is 2.78. The van der Waals surface area contributed by atoms with Crippen molar-refractivity contribution in [2.75, 3.05) is 6.26 Å². The molecule has 0 radical (unpaired) electrons. The van der Waals surface area contributed by atoms with Crippen LogP contribution in [0.4, 0.5) is 0 Å². The zero-order chi connectivity index (χ0) is 14.8. The molecule has 2 N–H and O–H groups in total. The standard InChI is InChI=1S/C14H15N5OS/c1-9(20)15-7-10-4-3-5-11(6-10)19-13-12(18-19)8-16-14(17-13)21-2/h3-6,8,18H,7H2,1-2H3,(H,15,20). The largest absolute Gasteiger partial charge is 0.352 e. The van der Waals surface area contributed by atoms with Gasteiger partial charge >= 0.3 is 0 Å². The van der Waals surface area contributed by atoms with E-state index in [-0.39, 0.29) is 5.91 Å². The van der Waals surface area contributed by atoms with Gasteiger partial charge in [0.15, 0.2) is 10.8 Å². The number of aromatic nitrogens is 4. The van der Waals surface area contributed by atoms with Crippen molar-refractivity contribution in [2.45, 2.75) is 18.6 Å². The predicted octanol–water partition coefficient (Wildman–Crippen LogP) is 2.11. The molecule has 6 nitrogen and oxygen atoms in total. The number of nitrogens with one attached hydrogen (secondary N) is 2. The van der Waals surface area contributed by atoms with Crippen LogP contribution in [0.1, 0.15) is 12.5 Å². The third-order valence-corrected chi connectivity index (χ3v) is 3.65. The number of thioether (sulfide) groups is 1. The van der Waals surface area contributed by atoms with Gasteiger partial charge in [0.25, 0.3) is 0 Å². The Hall–Kier alpha value is -2.28. The zero-order valence-electron chi connectivity index (χ0n) is 11.8. The molecule has 2 aromatic heterocycles. The minimum absolute atomic E-state index is 0.0369. The molecule has 7 heteroatoms. The quantitative estimate of drug-likeness (QED) is 0.571. The topological polar surface area (TPSA) is 75.6 Å². The second-order valence-corrected chi connectivity index (χ2v) is 5.39. The van der Waals surface area contributed by atoms with Gasteiger partial charge in [-0.05, 0) is 24.0 Å². The smallest absolute Gasteiger partial charge is 0.217 e. The van der Waals surface area contributed by atoms with Gasteiger partial charge in [0.1, 0.15) is 5.52 Å². The number of nitrogens with zero attached hydrogens (tertiary/aromatic N) is 3. The summed E-state index contributed by atoms with van der Waals surface area (Å²) in [7, 11) is 0. The molecule has 0 fully saturated rings. The fourth-order valence-corrected chi connectivity index (χ4v) is 2.38. The van der Waals surface area contributed by atoms with E-state index < -0.39 is 0 Å². The second-order valence-electron chi connectivity index (χ2n) is 4.62. The lowest BCUT2D eigenvalue weighted by Crippen LogP contribution is -2.19. The number of fused-ring (bicyclic) bond motifs is 1. The van der Waals surface area contributed by atoms with Gasteiger partial charge in [-0.25, -0.2) is 14.6 Å². The summed E-state index contributed by atoms with van der Waals surface area (Å²) in [4.78, 5) is 19.7. The van der Waals surface area contributed by atoms with Crippen molar-refractivity contribution in [3.8, 4) is 5.69 Å². The summed E-state index contributed by atoms with van der Waals surface area (Å²) < 4.78 is 1.91. The van der Waals surface area contributed by atoms with Gasteiger partial charge < -0.3 is 5.32 Å². The first-order chi connectivity index (χ1) is 10.2. The van der Waals surface area contributed by atoms with Crippen molar-refractivity contribution in [1.29, 1.82) is 0 Å².